The molecule has 172 valence electrons. The summed E-state index contributed by atoms with van der Waals surface area (Å²) in [5, 5.41) is 11.5. The summed E-state index contributed by atoms with van der Waals surface area (Å²) in [5.74, 6) is 2.34. The van der Waals surface area contributed by atoms with E-state index < -0.39 is 0 Å². The molecule has 8 heteroatoms. The fraction of sp³-hybridized carbons (Fsp3) is 0.458. The van der Waals surface area contributed by atoms with Crippen LogP contribution in [0.25, 0.3) is 11.0 Å². The van der Waals surface area contributed by atoms with Crippen LogP contribution >= 0.6 is 0 Å². The maximum Gasteiger partial charge on any atom is 0.260 e. The monoisotopic (exact) mass is 438 g/mol. The van der Waals surface area contributed by atoms with Crippen molar-refractivity contribution in [2.75, 3.05) is 12.3 Å². The summed E-state index contributed by atoms with van der Waals surface area (Å²) in [6.45, 7) is 13.8. The molecule has 0 radical (unpaired) electrons. The van der Waals surface area contributed by atoms with Crippen molar-refractivity contribution in [1.29, 1.82) is 0 Å². The summed E-state index contributed by atoms with van der Waals surface area (Å²) in [6, 6.07) is 8.45. The van der Waals surface area contributed by atoms with E-state index in [1.54, 1.807) is 0 Å². The van der Waals surface area contributed by atoms with Gasteiger partial charge in [0.25, 0.3) is 5.88 Å². The Morgan fingerprint density at radius 1 is 1.16 bits per heavy atom. The van der Waals surface area contributed by atoms with E-state index in [2.05, 4.69) is 57.8 Å². The molecule has 0 aliphatic heterocycles. The zero-order chi connectivity index (χ0) is 23.1. The number of ether oxygens (including phenoxy) is 2. The van der Waals surface area contributed by atoms with Crippen LogP contribution < -0.4 is 15.8 Å². The highest BCUT2D eigenvalue weighted by molar-refractivity contribution is 5.88. The van der Waals surface area contributed by atoms with E-state index in [0.29, 0.717) is 42.8 Å². The van der Waals surface area contributed by atoms with E-state index in [4.69, 9.17) is 20.2 Å². The second-order valence-corrected chi connectivity index (χ2v) is 8.00. The van der Waals surface area contributed by atoms with E-state index in [9.17, 15) is 0 Å². The van der Waals surface area contributed by atoms with E-state index in [-0.39, 0.29) is 6.10 Å². The zero-order valence-electron chi connectivity index (χ0n) is 19.5. The van der Waals surface area contributed by atoms with Gasteiger partial charge in [0.2, 0.25) is 0 Å². The van der Waals surface area contributed by atoms with Crippen LogP contribution in [0.1, 0.15) is 57.5 Å². The lowest BCUT2D eigenvalue weighted by Gasteiger charge is -2.14. The molecule has 3 aromatic rings. The maximum atomic E-state index is 6.13. The first-order valence-electron chi connectivity index (χ1n) is 11.2. The lowest BCUT2D eigenvalue weighted by Crippen LogP contribution is -2.14. The van der Waals surface area contributed by atoms with Crippen LogP contribution in [0.3, 0.4) is 0 Å². The van der Waals surface area contributed by atoms with E-state index in [1.165, 1.54) is 0 Å². The van der Waals surface area contributed by atoms with Crippen molar-refractivity contribution in [3.8, 4) is 5.88 Å². The predicted octanol–water partition coefficient (Wildman–Crippen LogP) is 4.18. The number of nitrogen functional groups attached to an aromatic ring is 1. The number of hydrogen-bond acceptors (Lipinski definition) is 7. The van der Waals surface area contributed by atoms with Crippen molar-refractivity contribution in [3.63, 3.8) is 0 Å². The zero-order valence-corrected chi connectivity index (χ0v) is 19.5. The average molecular weight is 439 g/mol. The maximum absolute atomic E-state index is 6.13. The molecule has 1 aromatic carbocycles. The number of aromatic nitrogens is 4. The Morgan fingerprint density at radius 3 is 2.53 bits per heavy atom. The van der Waals surface area contributed by atoms with Crippen LogP contribution in [0.4, 0.5) is 5.82 Å². The Kier molecular flexibility index (Phi) is 7.92. The number of benzene rings is 1. The number of fused-ring (bicyclic) bond motifs is 1. The van der Waals surface area contributed by atoms with Crippen LogP contribution in [0.5, 0.6) is 5.88 Å². The highest BCUT2D eigenvalue weighted by atomic mass is 16.5. The van der Waals surface area contributed by atoms with Gasteiger partial charge in [-0.25, -0.2) is 4.98 Å². The Labute approximate surface area is 189 Å². The summed E-state index contributed by atoms with van der Waals surface area (Å²) in [6.07, 6.45) is 2.95. The minimum Gasteiger partial charge on any atom is -0.480 e. The van der Waals surface area contributed by atoms with Crippen LogP contribution in [0.15, 0.2) is 36.7 Å². The number of imidazole rings is 1. The number of aryl methyl sites for hydroxylation is 1. The number of anilines is 1. The van der Waals surface area contributed by atoms with Gasteiger partial charge >= 0.3 is 0 Å². The van der Waals surface area contributed by atoms with Crippen molar-refractivity contribution >= 4 is 16.9 Å². The third-order valence-electron chi connectivity index (χ3n) is 5.01. The molecule has 0 aliphatic carbocycles. The smallest absolute Gasteiger partial charge is 0.260 e. The van der Waals surface area contributed by atoms with E-state index >= 15 is 0 Å². The van der Waals surface area contributed by atoms with E-state index in [1.807, 2.05) is 20.8 Å². The molecule has 0 bridgehead atoms. The van der Waals surface area contributed by atoms with Crippen LogP contribution in [0.2, 0.25) is 0 Å². The van der Waals surface area contributed by atoms with Gasteiger partial charge in [0.05, 0.1) is 12.7 Å². The quantitative estimate of drug-likeness (QED) is 0.409. The summed E-state index contributed by atoms with van der Waals surface area (Å²) in [5.41, 5.74) is 9.88. The standard InChI is InChI=1S/C24H34N6O2/c1-6-8-9-20-27-21-22(24(32-16(3)4)29-28-23(21)25)30(20)15-19-12-10-18(11-13-19)14-26-17(5)31-7-2/h10-13,16,26H,5-9,14-15H2,1-4H3,(H2,25,28). The molecule has 3 rings (SSSR count). The molecule has 2 heterocycles. The molecule has 0 fully saturated rings. The normalized spacial score (nSPS) is 11.2. The molecule has 0 spiro atoms. The first-order valence-corrected chi connectivity index (χ1v) is 11.2. The topological polar surface area (TPSA) is 100 Å². The molecule has 32 heavy (non-hydrogen) atoms. The number of hydrogen-bond donors (Lipinski definition) is 2. The second-order valence-electron chi connectivity index (χ2n) is 8.00. The minimum atomic E-state index is -0.0308. The number of nitrogens with two attached hydrogens (primary N) is 1. The largest absolute Gasteiger partial charge is 0.480 e. The van der Waals surface area contributed by atoms with Gasteiger partial charge in [-0.1, -0.05) is 37.6 Å². The molecule has 2 aromatic heterocycles. The van der Waals surface area contributed by atoms with Crippen LogP contribution in [-0.4, -0.2) is 32.5 Å². The Balaban J connectivity index is 1.90. The number of rotatable bonds is 12. The molecule has 0 saturated heterocycles. The first kappa shape index (κ1) is 23.4. The number of nitrogens with one attached hydrogen (secondary N) is 1. The predicted molar refractivity (Wildman–Crippen MR) is 127 cm³/mol. The van der Waals surface area contributed by atoms with Crippen molar-refractivity contribution in [3.05, 3.63) is 53.7 Å². The van der Waals surface area contributed by atoms with Gasteiger partial charge in [-0.2, -0.15) is 0 Å². The van der Waals surface area contributed by atoms with Crippen LogP contribution in [-0.2, 0) is 24.2 Å². The Morgan fingerprint density at radius 2 is 1.88 bits per heavy atom. The fourth-order valence-corrected chi connectivity index (χ4v) is 3.46. The lowest BCUT2D eigenvalue weighted by atomic mass is 10.1. The van der Waals surface area contributed by atoms with Crippen molar-refractivity contribution in [2.24, 2.45) is 0 Å². The van der Waals surface area contributed by atoms with Gasteiger partial charge in [-0.05, 0) is 44.9 Å². The molecule has 0 amide bonds. The Hall–Kier alpha value is -3.29. The summed E-state index contributed by atoms with van der Waals surface area (Å²) < 4.78 is 13.5. The second kappa shape index (κ2) is 10.8. The van der Waals surface area contributed by atoms with Gasteiger partial charge in [0, 0.05) is 19.5 Å². The molecule has 3 N–H and O–H groups in total. The van der Waals surface area contributed by atoms with E-state index in [0.717, 1.165) is 41.7 Å². The molecular weight excluding hydrogens is 404 g/mol. The summed E-state index contributed by atoms with van der Waals surface area (Å²) >= 11 is 0. The fourth-order valence-electron chi connectivity index (χ4n) is 3.46. The third-order valence-corrected chi connectivity index (χ3v) is 5.01. The minimum absolute atomic E-state index is 0.0308. The average Bonchev–Trinajstić information content (AvgIpc) is 3.13. The Bertz CT molecular complexity index is 1040. The van der Waals surface area contributed by atoms with Crippen LogP contribution in [0, 0.1) is 0 Å². The van der Waals surface area contributed by atoms with Gasteiger partial charge in [-0.15, -0.1) is 10.2 Å². The highest BCUT2D eigenvalue weighted by Crippen LogP contribution is 2.29. The molecule has 0 unspecified atom stereocenters. The number of unbranched alkanes of at least 4 members (excludes halogenated alkanes) is 1. The first-order chi connectivity index (χ1) is 15.4. The van der Waals surface area contributed by atoms with Crippen molar-refractivity contribution in [2.45, 2.75) is 66.2 Å². The number of nitrogens with zero attached hydrogens (tertiary/aromatic N) is 4. The molecule has 0 aliphatic rings. The molecule has 8 nitrogen and oxygen atoms in total. The third kappa shape index (κ3) is 5.69. The molecule has 0 atom stereocenters. The molecular formula is C24H34N6O2. The molecule has 0 saturated carbocycles. The summed E-state index contributed by atoms with van der Waals surface area (Å²) in [7, 11) is 0. The van der Waals surface area contributed by atoms with Gasteiger partial charge in [0.15, 0.2) is 11.7 Å². The van der Waals surface area contributed by atoms with Gasteiger partial charge in [-0.3, -0.25) is 0 Å². The highest BCUT2D eigenvalue weighted by Gasteiger charge is 2.20. The lowest BCUT2D eigenvalue weighted by molar-refractivity contribution is 0.207. The van der Waals surface area contributed by atoms with Crippen molar-refractivity contribution < 1.29 is 9.47 Å². The van der Waals surface area contributed by atoms with Crippen molar-refractivity contribution in [1.82, 2.24) is 25.1 Å². The van der Waals surface area contributed by atoms with Gasteiger partial charge in [0.1, 0.15) is 16.9 Å². The SMILES string of the molecule is C=C(NCc1ccc(Cn2c(CCCC)nc3c(N)nnc(OC(C)C)c32)cc1)OCC. The summed E-state index contributed by atoms with van der Waals surface area (Å²) in [4.78, 5) is 4.82. The van der Waals surface area contributed by atoms with Gasteiger partial charge < -0.3 is 25.1 Å².